The van der Waals surface area contributed by atoms with E-state index in [0.717, 1.165) is 55.0 Å². The number of aliphatic hydroxyl groups excluding tert-OH is 1. The van der Waals surface area contributed by atoms with E-state index in [4.69, 9.17) is 18.9 Å². The van der Waals surface area contributed by atoms with Gasteiger partial charge in [-0.25, -0.2) is 0 Å². The van der Waals surface area contributed by atoms with Crippen molar-refractivity contribution in [2.45, 2.75) is 48.7 Å². The Labute approximate surface area is 140 Å². The van der Waals surface area contributed by atoms with Crippen LogP contribution in [0.2, 0.25) is 0 Å². The number of hydrogen-bond donors (Lipinski definition) is 1. The van der Waals surface area contributed by atoms with Gasteiger partial charge in [-0.05, 0) is 42.6 Å². The third-order valence-electron chi connectivity index (χ3n) is 6.90. The Hall–Kier alpha value is -1.34. The molecule has 6 heteroatoms. The lowest BCUT2D eigenvalue weighted by atomic mass is 9.78. The Balaban J connectivity index is 1.64. The zero-order valence-corrected chi connectivity index (χ0v) is 13.7. The molecule has 1 aromatic rings. The molecular formula is C18H21NO5. The summed E-state index contributed by atoms with van der Waals surface area (Å²) in [5.74, 6) is 0.617. The number of rotatable bonds is 1. The van der Waals surface area contributed by atoms with Crippen molar-refractivity contribution in [3.63, 3.8) is 0 Å². The highest BCUT2D eigenvalue weighted by atomic mass is 16.7. The van der Waals surface area contributed by atoms with Crippen LogP contribution in [0.25, 0.3) is 0 Å². The minimum atomic E-state index is -0.917. The topological polar surface area (TPSA) is 60.4 Å². The van der Waals surface area contributed by atoms with Gasteiger partial charge >= 0.3 is 0 Å². The Morgan fingerprint density at radius 1 is 1.25 bits per heavy atom. The minimum Gasteiger partial charge on any atom is -0.454 e. The molecule has 5 heterocycles. The van der Waals surface area contributed by atoms with Crippen LogP contribution in [0.15, 0.2) is 12.1 Å². The molecule has 7 rings (SSSR count). The Morgan fingerprint density at radius 2 is 2.04 bits per heavy atom. The molecule has 6 nitrogen and oxygen atoms in total. The largest absolute Gasteiger partial charge is 0.454 e. The molecule has 1 unspecified atom stereocenters. The molecule has 0 aromatic heterocycles. The van der Waals surface area contributed by atoms with Crippen LogP contribution in [0.4, 0.5) is 0 Å². The summed E-state index contributed by atoms with van der Waals surface area (Å²) in [7, 11) is 1.66. The van der Waals surface area contributed by atoms with Gasteiger partial charge in [0.1, 0.15) is 6.10 Å². The second-order valence-electron chi connectivity index (χ2n) is 7.71. The van der Waals surface area contributed by atoms with Crippen LogP contribution in [0.1, 0.15) is 42.4 Å². The standard InChI is InChI=1S/C18H21NO5/c1-21-18-8-17-3-2-4-19(17)7-14(24-18)10-5-12-13(23-9-22-12)6-11(10)15(17)16(18)20/h5-6,14-16,20H,2-4,7-9H2,1H3/t14-,15-,16?,17+,18-/m1/s1. The smallest absolute Gasteiger partial charge is 0.231 e. The average molecular weight is 331 g/mol. The summed E-state index contributed by atoms with van der Waals surface area (Å²) in [6, 6.07) is 4.12. The molecule has 128 valence electrons. The van der Waals surface area contributed by atoms with Crippen LogP contribution in [0.5, 0.6) is 11.5 Å². The van der Waals surface area contributed by atoms with E-state index >= 15 is 0 Å². The van der Waals surface area contributed by atoms with E-state index in [1.165, 1.54) is 0 Å². The number of hydrogen-bond acceptors (Lipinski definition) is 6. The van der Waals surface area contributed by atoms with E-state index in [2.05, 4.69) is 17.0 Å². The summed E-state index contributed by atoms with van der Waals surface area (Å²) in [6.07, 6.45) is 2.18. The first-order valence-corrected chi connectivity index (χ1v) is 8.76. The second-order valence-corrected chi connectivity index (χ2v) is 7.71. The van der Waals surface area contributed by atoms with E-state index in [0.29, 0.717) is 0 Å². The third-order valence-corrected chi connectivity index (χ3v) is 6.90. The number of aliphatic hydroxyl groups is 1. The van der Waals surface area contributed by atoms with Crippen LogP contribution in [0.3, 0.4) is 0 Å². The highest BCUT2D eigenvalue weighted by Crippen LogP contribution is 2.64. The second kappa shape index (κ2) is 4.25. The molecule has 1 aliphatic carbocycles. The zero-order chi connectivity index (χ0) is 16.1. The van der Waals surface area contributed by atoms with Crippen LogP contribution in [-0.4, -0.2) is 54.4 Å². The fourth-order valence-corrected chi connectivity index (χ4v) is 5.94. The summed E-state index contributed by atoms with van der Waals surface area (Å²) < 4.78 is 23.5. The summed E-state index contributed by atoms with van der Waals surface area (Å²) in [5, 5.41) is 11.2. The van der Waals surface area contributed by atoms with Crippen LogP contribution in [0, 0.1) is 0 Å². The average Bonchev–Trinajstić information content (AvgIpc) is 3.19. The molecule has 2 saturated heterocycles. The highest BCUT2D eigenvalue weighted by molar-refractivity contribution is 5.54. The van der Waals surface area contributed by atoms with Crippen molar-refractivity contribution in [3.05, 3.63) is 23.3 Å². The quantitative estimate of drug-likeness (QED) is 0.842. The maximum Gasteiger partial charge on any atom is 0.231 e. The van der Waals surface area contributed by atoms with Crippen molar-refractivity contribution in [3.8, 4) is 11.5 Å². The predicted molar refractivity (Wildman–Crippen MR) is 83.0 cm³/mol. The third kappa shape index (κ3) is 1.39. The number of ether oxygens (including phenoxy) is 4. The van der Waals surface area contributed by atoms with Crippen molar-refractivity contribution in [1.82, 2.24) is 4.90 Å². The van der Waals surface area contributed by atoms with Gasteiger partial charge in [0.05, 0.1) is 6.10 Å². The lowest BCUT2D eigenvalue weighted by molar-refractivity contribution is -0.277. The van der Waals surface area contributed by atoms with Crippen LogP contribution in [-0.2, 0) is 9.47 Å². The molecule has 1 saturated carbocycles. The molecule has 1 aromatic carbocycles. The molecule has 5 atom stereocenters. The first-order chi connectivity index (χ1) is 11.7. The molecule has 6 aliphatic rings. The van der Waals surface area contributed by atoms with Gasteiger partial charge in [0, 0.05) is 31.5 Å². The van der Waals surface area contributed by atoms with Gasteiger partial charge in [0.15, 0.2) is 17.3 Å². The Kier molecular flexibility index (Phi) is 2.46. The van der Waals surface area contributed by atoms with Gasteiger partial charge in [-0.2, -0.15) is 0 Å². The van der Waals surface area contributed by atoms with E-state index in [1.807, 2.05) is 0 Å². The van der Waals surface area contributed by atoms with Gasteiger partial charge in [-0.15, -0.1) is 0 Å². The molecule has 0 radical (unpaired) electrons. The first kappa shape index (κ1) is 13.9. The molecule has 5 aliphatic heterocycles. The number of benzene rings is 1. The van der Waals surface area contributed by atoms with E-state index in [1.54, 1.807) is 7.11 Å². The van der Waals surface area contributed by atoms with Crippen molar-refractivity contribution in [1.29, 1.82) is 0 Å². The van der Waals surface area contributed by atoms with Crippen molar-refractivity contribution < 1.29 is 24.1 Å². The van der Waals surface area contributed by atoms with Crippen molar-refractivity contribution in [2.24, 2.45) is 0 Å². The molecule has 3 fully saturated rings. The normalized spacial score (nSPS) is 44.5. The molecule has 1 spiro atoms. The lowest BCUT2D eigenvalue weighted by Gasteiger charge is -2.39. The maximum atomic E-state index is 11.2. The van der Waals surface area contributed by atoms with E-state index < -0.39 is 11.9 Å². The monoisotopic (exact) mass is 331 g/mol. The van der Waals surface area contributed by atoms with Gasteiger partial charge in [-0.1, -0.05) is 0 Å². The zero-order valence-electron chi connectivity index (χ0n) is 13.7. The highest BCUT2D eigenvalue weighted by Gasteiger charge is 2.70. The van der Waals surface area contributed by atoms with Crippen LogP contribution < -0.4 is 9.47 Å². The molecule has 1 N–H and O–H groups in total. The van der Waals surface area contributed by atoms with Gasteiger partial charge in [0.25, 0.3) is 0 Å². The first-order valence-electron chi connectivity index (χ1n) is 8.76. The van der Waals surface area contributed by atoms with E-state index in [-0.39, 0.29) is 24.4 Å². The summed E-state index contributed by atoms with van der Waals surface area (Å²) in [4.78, 5) is 2.53. The molecule has 24 heavy (non-hydrogen) atoms. The lowest BCUT2D eigenvalue weighted by Crippen LogP contribution is -2.47. The van der Waals surface area contributed by atoms with Crippen LogP contribution >= 0.6 is 0 Å². The summed E-state index contributed by atoms with van der Waals surface area (Å²) >= 11 is 0. The number of nitrogens with zero attached hydrogens (tertiary/aromatic N) is 1. The van der Waals surface area contributed by atoms with Gasteiger partial charge < -0.3 is 24.1 Å². The fourth-order valence-electron chi connectivity index (χ4n) is 5.94. The summed E-state index contributed by atoms with van der Waals surface area (Å²) in [6.45, 7) is 2.17. The Morgan fingerprint density at radius 3 is 2.83 bits per heavy atom. The van der Waals surface area contributed by atoms with E-state index in [9.17, 15) is 5.11 Å². The summed E-state index contributed by atoms with van der Waals surface area (Å²) in [5.41, 5.74) is 2.19. The molecule has 0 amide bonds. The number of fused-ring (bicyclic) bond motifs is 1. The minimum absolute atomic E-state index is 0.0167. The molecular weight excluding hydrogens is 310 g/mol. The molecule has 4 bridgehead atoms. The van der Waals surface area contributed by atoms with Crippen molar-refractivity contribution in [2.75, 3.05) is 27.0 Å². The SMILES string of the molecule is CO[C@]12C[C@]34CCCN3C[C@@H](O1)c1cc3c(cc1[C@@H]4C2O)OCO3. The van der Waals surface area contributed by atoms with Crippen molar-refractivity contribution >= 4 is 0 Å². The Bertz CT molecular complexity index is 738. The van der Waals surface area contributed by atoms with Gasteiger partial charge in [-0.3, -0.25) is 4.90 Å². The fraction of sp³-hybridized carbons (Fsp3) is 0.667. The predicted octanol–water partition coefficient (Wildman–Crippen LogP) is 1.53. The maximum absolute atomic E-state index is 11.2. The number of methoxy groups -OCH3 is 1. The van der Waals surface area contributed by atoms with Gasteiger partial charge in [0.2, 0.25) is 6.79 Å².